The number of aryl methyl sites for hydroxylation is 3. The second kappa shape index (κ2) is 7.33. The maximum atomic E-state index is 13.2. The zero-order valence-electron chi connectivity index (χ0n) is 17.4. The van der Waals surface area contributed by atoms with Gasteiger partial charge in [-0.25, -0.2) is 9.36 Å². The Labute approximate surface area is 171 Å². The van der Waals surface area contributed by atoms with E-state index >= 15 is 0 Å². The third-order valence-electron chi connectivity index (χ3n) is 5.23. The maximum absolute atomic E-state index is 13.2. The Hall–Kier alpha value is -3.62. The molecule has 4 aromatic rings. The molecular weight excluding hydrogens is 386 g/mol. The molecular formula is C21H23N5O4. The van der Waals surface area contributed by atoms with Crippen molar-refractivity contribution in [3.8, 4) is 5.69 Å². The van der Waals surface area contributed by atoms with Crippen LogP contribution < -0.4 is 11.2 Å². The first-order chi connectivity index (χ1) is 14.4. The van der Waals surface area contributed by atoms with Gasteiger partial charge in [0, 0.05) is 18.9 Å². The van der Waals surface area contributed by atoms with Gasteiger partial charge in [0.1, 0.15) is 6.54 Å². The number of para-hydroxylation sites is 1. The molecule has 0 atom stereocenters. The maximum Gasteiger partial charge on any atom is 0.333 e. The molecule has 0 aliphatic carbocycles. The van der Waals surface area contributed by atoms with E-state index in [1.165, 1.54) is 11.6 Å². The molecule has 0 aliphatic rings. The molecule has 0 saturated heterocycles. The van der Waals surface area contributed by atoms with Crippen LogP contribution >= 0.6 is 0 Å². The lowest BCUT2D eigenvalue weighted by Crippen LogP contribution is -2.41. The topological polar surface area (TPSA) is 92.5 Å². The summed E-state index contributed by atoms with van der Waals surface area (Å²) in [6.45, 7) is 5.41. The number of nitrogens with zero attached hydrogens (tertiary/aromatic N) is 5. The van der Waals surface area contributed by atoms with Gasteiger partial charge in [0.05, 0.1) is 12.3 Å². The van der Waals surface area contributed by atoms with E-state index in [1.54, 1.807) is 11.3 Å². The Balaban J connectivity index is 2.05. The van der Waals surface area contributed by atoms with E-state index in [0.717, 1.165) is 27.9 Å². The molecule has 9 nitrogen and oxygen atoms in total. The van der Waals surface area contributed by atoms with Crippen LogP contribution in [0.25, 0.3) is 22.6 Å². The minimum absolute atomic E-state index is 0.173. The molecule has 30 heavy (non-hydrogen) atoms. The van der Waals surface area contributed by atoms with E-state index in [9.17, 15) is 14.4 Å². The van der Waals surface area contributed by atoms with Crippen molar-refractivity contribution in [2.24, 2.45) is 7.05 Å². The van der Waals surface area contributed by atoms with Gasteiger partial charge in [-0.2, -0.15) is 4.98 Å². The Kier molecular flexibility index (Phi) is 4.81. The molecule has 3 aromatic heterocycles. The fourth-order valence-corrected chi connectivity index (χ4v) is 3.81. The van der Waals surface area contributed by atoms with Crippen LogP contribution in [-0.2, 0) is 29.5 Å². The number of carbonyl (C=O) groups is 1. The minimum atomic E-state index is -0.637. The van der Waals surface area contributed by atoms with E-state index < -0.39 is 23.8 Å². The molecule has 0 radical (unpaired) electrons. The van der Waals surface area contributed by atoms with Crippen molar-refractivity contribution in [3.63, 3.8) is 0 Å². The number of hydrogen-bond donors (Lipinski definition) is 0. The third kappa shape index (κ3) is 2.85. The monoisotopic (exact) mass is 409 g/mol. The molecule has 0 saturated carbocycles. The fourth-order valence-electron chi connectivity index (χ4n) is 3.81. The van der Waals surface area contributed by atoms with Gasteiger partial charge in [-0.3, -0.25) is 23.1 Å². The number of ether oxygens (including phenoxy) is 1. The number of carbonyl (C=O) groups excluding carboxylic acids is 1. The van der Waals surface area contributed by atoms with E-state index in [0.29, 0.717) is 5.78 Å². The molecule has 4 rings (SSSR count). The predicted molar refractivity (Wildman–Crippen MR) is 112 cm³/mol. The molecule has 0 fully saturated rings. The smallest absolute Gasteiger partial charge is 0.333 e. The largest absolute Gasteiger partial charge is 0.465 e. The van der Waals surface area contributed by atoms with E-state index in [-0.39, 0.29) is 17.8 Å². The zero-order valence-corrected chi connectivity index (χ0v) is 17.4. The number of benzene rings is 1. The average molecular weight is 409 g/mol. The van der Waals surface area contributed by atoms with Gasteiger partial charge < -0.3 is 4.74 Å². The first kappa shape index (κ1) is 19.7. The molecule has 0 N–H and O–H groups in total. The van der Waals surface area contributed by atoms with Crippen LogP contribution in [0.3, 0.4) is 0 Å². The van der Waals surface area contributed by atoms with Crippen molar-refractivity contribution in [3.05, 3.63) is 62.6 Å². The molecule has 0 bridgehead atoms. The third-order valence-corrected chi connectivity index (χ3v) is 5.23. The molecule has 1 aromatic carbocycles. The Morgan fingerprint density at radius 1 is 1.17 bits per heavy atom. The highest BCUT2D eigenvalue weighted by Crippen LogP contribution is 2.23. The number of rotatable bonds is 5. The fraction of sp³-hybridized carbons (Fsp3) is 0.333. The summed E-state index contributed by atoms with van der Waals surface area (Å²) in [4.78, 5) is 42.4. The number of hydrogen-bond acceptors (Lipinski definition) is 5. The molecule has 0 amide bonds. The Bertz CT molecular complexity index is 1400. The van der Waals surface area contributed by atoms with E-state index in [2.05, 4.69) is 18.0 Å². The summed E-state index contributed by atoms with van der Waals surface area (Å²) in [7, 11) is 1.54. The Morgan fingerprint density at radius 3 is 2.60 bits per heavy atom. The van der Waals surface area contributed by atoms with E-state index in [1.807, 2.05) is 35.9 Å². The molecule has 0 spiro atoms. The van der Waals surface area contributed by atoms with Gasteiger partial charge in [-0.15, -0.1) is 0 Å². The van der Waals surface area contributed by atoms with Crippen LogP contribution in [-0.4, -0.2) is 35.7 Å². The highest BCUT2D eigenvalue weighted by molar-refractivity contribution is 5.77. The summed E-state index contributed by atoms with van der Waals surface area (Å²) < 4.78 is 10.7. The first-order valence-corrected chi connectivity index (χ1v) is 9.82. The van der Waals surface area contributed by atoms with Gasteiger partial charge in [-0.1, -0.05) is 25.1 Å². The number of esters is 1. The van der Waals surface area contributed by atoms with Crippen LogP contribution in [0, 0.1) is 6.92 Å². The normalized spacial score (nSPS) is 11.5. The van der Waals surface area contributed by atoms with Crippen molar-refractivity contribution >= 4 is 22.9 Å². The van der Waals surface area contributed by atoms with Crippen LogP contribution in [0.5, 0.6) is 0 Å². The average Bonchev–Trinajstić information content (AvgIpc) is 3.24. The van der Waals surface area contributed by atoms with Crippen LogP contribution in [0.4, 0.5) is 0 Å². The molecule has 156 valence electrons. The molecule has 9 heteroatoms. The zero-order chi connectivity index (χ0) is 21.6. The van der Waals surface area contributed by atoms with Crippen LogP contribution in [0.15, 0.2) is 40.1 Å². The first-order valence-electron chi connectivity index (χ1n) is 9.82. The highest BCUT2D eigenvalue weighted by atomic mass is 16.5. The van der Waals surface area contributed by atoms with Crippen molar-refractivity contribution in [2.75, 3.05) is 6.61 Å². The molecule has 0 aliphatic heterocycles. The second-order valence-corrected chi connectivity index (χ2v) is 7.08. The molecule has 3 heterocycles. The summed E-state index contributed by atoms with van der Waals surface area (Å²) in [5, 5.41) is 0. The van der Waals surface area contributed by atoms with Crippen molar-refractivity contribution in [1.82, 2.24) is 23.1 Å². The minimum Gasteiger partial charge on any atom is -0.465 e. The summed E-state index contributed by atoms with van der Waals surface area (Å²) in [6, 6.07) is 7.99. The SMILES string of the molecule is CCOC(=O)Cn1c(=O)c2c(nc3n(-c4ccccc4CC)c(C)cn23)n(C)c1=O. The summed E-state index contributed by atoms with van der Waals surface area (Å²) in [5.41, 5.74) is 2.33. The standard InChI is InChI=1S/C21H23N5O4/c1-5-14-9-7-8-10-15(14)26-13(3)11-24-17-18(22-20(24)26)23(4)21(29)25(19(17)28)12-16(27)30-6-2/h7-11H,5-6,12H2,1-4H3. The Morgan fingerprint density at radius 2 is 1.90 bits per heavy atom. The van der Waals surface area contributed by atoms with Gasteiger partial charge in [-0.05, 0) is 31.9 Å². The summed E-state index contributed by atoms with van der Waals surface area (Å²) in [5.74, 6) is -0.105. The number of fused-ring (bicyclic) bond motifs is 3. The van der Waals surface area contributed by atoms with Gasteiger partial charge in [0.2, 0.25) is 5.78 Å². The van der Waals surface area contributed by atoms with Crippen molar-refractivity contribution in [2.45, 2.75) is 33.7 Å². The van der Waals surface area contributed by atoms with Crippen molar-refractivity contribution in [1.29, 1.82) is 0 Å². The van der Waals surface area contributed by atoms with Gasteiger partial charge in [0.25, 0.3) is 5.56 Å². The van der Waals surface area contributed by atoms with Crippen molar-refractivity contribution < 1.29 is 9.53 Å². The predicted octanol–water partition coefficient (Wildman–Crippen LogP) is 1.57. The number of aromatic nitrogens is 5. The summed E-state index contributed by atoms with van der Waals surface area (Å²) in [6.07, 6.45) is 2.66. The number of imidazole rings is 2. The van der Waals surface area contributed by atoms with Gasteiger partial charge in [0.15, 0.2) is 11.2 Å². The lowest BCUT2D eigenvalue weighted by molar-refractivity contribution is -0.143. The van der Waals surface area contributed by atoms with Gasteiger partial charge >= 0.3 is 11.7 Å². The highest BCUT2D eigenvalue weighted by Gasteiger charge is 2.22. The lowest BCUT2D eigenvalue weighted by atomic mass is 10.1. The van der Waals surface area contributed by atoms with Crippen LogP contribution in [0.1, 0.15) is 25.1 Å². The second-order valence-electron chi connectivity index (χ2n) is 7.08. The quantitative estimate of drug-likeness (QED) is 0.467. The van der Waals surface area contributed by atoms with Crippen LogP contribution in [0.2, 0.25) is 0 Å². The lowest BCUT2D eigenvalue weighted by Gasteiger charge is -2.10. The molecule has 0 unspecified atom stereocenters. The van der Waals surface area contributed by atoms with E-state index in [4.69, 9.17) is 4.74 Å². The summed E-state index contributed by atoms with van der Waals surface area (Å²) >= 11 is 0.